The Morgan fingerprint density at radius 3 is 2.59 bits per heavy atom. The van der Waals surface area contributed by atoms with E-state index in [-0.39, 0.29) is 30.0 Å². The van der Waals surface area contributed by atoms with E-state index in [1.54, 1.807) is 13.8 Å². The fourth-order valence-corrected chi connectivity index (χ4v) is 7.77. The predicted molar refractivity (Wildman–Crippen MR) is 159 cm³/mol. The van der Waals surface area contributed by atoms with Gasteiger partial charge in [0.1, 0.15) is 18.9 Å². The molecule has 2 saturated carbocycles. The Labute approximate surface area is 257 Å². The number of imidazole rings is 1. The molecule has 1 aliphatic heterocycles. The maximum atomic E-state index is 14.0. The van der Waals surface area contributed by atoms with Crippen LogP contribution in [-0.2, 0) is 23.7 Å². The fraction of sp³-hybridized carbons (Fsp3) is 0.719. The summed E-state index contributed by atoms with van der Waals surface area (Å²) < 4.78 is 38.2. The largest absolute Gasteiger partial charge is 0.508 e. The van der Waals surface area contributed by atoms with Gasteiger partial charge < -0.3 is 24.7 Å². The highest BCUT2D eigenvalue weighted by Crippen LogP contribution is 2.53. The number of hydrogen-bond donors (Lipinski definition) is 1. The molecule has 0 aromatic carbocycles. The minimum Gasteiger partial charge on any atom is -0.458 e. The van der Waals surface area contributed by atoms with Crippen molar-refractivity contribution in [2.45, 2.75) is 103 Å². The van der Waals surface area contributed by atoms with E-state index in [4.69, 9.17) is 31.1 Å². The maximum Gasteiger partial charge on any atom is 0.508 e. The highest BCUT2D eigenvalue weighted by atomic mass is 19.1. The SMILES string of the molecule is C#C[C@]1(COC(=O)OCCCC2(CC)CC3CC(C)CC(C3)C2)O[C@@H](n2cnc3c(N)nc(F)nc32)C[C@@H]1OC(=O)C(C)C. The number of hydrogen-bond acceptors (Lipinski definition) is 10. The van der Waals surface area contributed by atoms with E-state index in [1.807, 2.05) is 0 Å². The van der Waals surface area contributed by atoms with Crippen LogP contribution in [0.25, 0.3) is 11.2 Å². The topological polar surface area (TPSA) is 141 Å². The Morgan fingerprint density at radius 2 is 1.93 bits per heavy atom. The molecule has 0 spiro atoms. The summed E-state index contributed by atoms with van der Waals surface area (Å²) in [7, 11) is 0. The number of esters is 1. The van der Waals surface area contributed by atoms with Gasteiger partial charge in [-0.1, -0.05) is 40.0 Å². The molecule has 240 valence electrons. The molecule has 3 heterocycles. The third kappa shape index (κ3) is 6.63. The lowest BCUT2D eigenvalue weighted by atomic mass is 9.57. The molecule has 3 fully saturated rings. The van der Waals surface area contributed by atoms with Crippen LogP contribution in [-0.4, -0.2) is 56.6 Å². The highest BCUT2D eigenvalue weighted by molar-refractivity contribution is 5.81. The molecule has 2 unspecified atom stereocenters. The molecule has 0 radical (unpaired) electrons. The fourth-order valence-electron chi connectivity index (χ4n) is 7.77. The molecule has 5 rings (SSSR count). The van der Waals surface area contributed by atoms with Gasteiger partial charge >= 0.3 is 18.2 Å². The van der Waals surface area contributed by atoms with Gasteiger partial charge in [0.05, 0.1) is 18.9 Å². The number of nitrogens with zero attached hydrogens (tertiary/aromatic N) is 4. The minimum atomic E-state index is -1.63. The lowest BCUT2D eigenvalue weighted by Crippen LogP contribution is -2.46. The average molecular weight is 614 g/mol. The molecule has 1 saturated heterocycles. The van der Waals surface area contributed by atoms with Gasteiger partial charge in [0.15, 0.2) is 17.0 Å². The van der Waals surface area contributed by atoms with Crippen LogP contribution in [0.2, 0.25) is 0 Å². The van der Waals surface area contributed by atoms with Gasteiger partial charge in [-0.05, 0) is 68.1 Å². The van der Waals surface area contributed by atoms with Crippen LogP contribution in [0.5, 0.6) is 0 Å². The number of halogens is 1. The van der Waals surface area contributed by atoms with Crippen LogP contribution >= 0.6 is 0 Å². The van der Waals surface area contributed by atoms with E-state index < -0.39 is 48.7 Å². The molecule has 2 N–H and O–H groups in total. The normalized spacial score (nSPS) is 31.5. The van der Waals surface area contributed by atoms with Crippen molar-refractivity contribution in [1.29, 1.82) is 0 Å². The third-order valence-electron chi connectivity index (χ3n) is 9.79. The summed E-state index contributed by atoms with van der Waals surface area (Å²) in [4.78, 5) is 36.8. The van der Waals surface area contributed by atoms with Gasteiger partial charge in [-0.2, -0.15) is 14.4 Å². The van der Waals surface area contributed by atoms with Crippen molar-refractivity contribution in [2.24, 2.45) is 29.1 Å². The van der Waals surface area contributed by atoms with Gasteiger partial charge in [0.2, 0.25) is 5.60 Å². The zero-order valence-electron chi connectivity index (χ0n) is 26.1. The highest BCUT2D eigenvalue weighted by Gasteiger charge is 2.53. The minimum absolute atomic E-state index is 0.0674. The van der Waals surface area contributed by atoms with Crippen molar-refractivity contribution in [3.05, 3.63) is 12.4 Å². The quantitative estimate of drug-likeness (QED) is 0.156. The Bertz CT molecular complexity index is 1390. The maximum absolute atomic E-state index is 14.0. The van der Waals surface area contributed by atoms with Crippen LogP contribution in [0.1, 0.15) is 91.7 Å². The average Bonchev–Trinajstić information content (AvgIpc) is 3.55. The Balaban J connectivity index is 1.21. The van der Waals surface area contributed by atoms with E-state index in [2.05, 4.69) is 34.7 Å². The van der Waals surface area contributed by atoms with Crippen LogP contribution in [0, 0.1) is 47.5 Å². The molecule has 2 bridgehead atoms. The first-order valence-electron chi connectivity index (χ1n) is 15.8. The number of terminal acetylenes is 1. The first-order chi connectivity index (χ1) is 21.0. The van der Waals surface area contributed by atoms with Crippen molar-refractivity contribution in [3.63, 3.8) is 0 Å². The Hall–Kier alpha value is -3.46. The summed E-state index contributed by atoms with van der Waals surface area (Å²) in [6.45, 7) is 7.85. The summed E-state index contributed by atoms with van der Waals surface area (Å²) in [6, 6.07) is 0. The van der Waals surface area contributed by atoms with E-state index in [0.717, 1.165) is 37.0 Å². The molecule has 2 aromatic rings. The Kier molecular flexibility index (Phi) is 9.35. The molecule has 12 heteroatoms. The van der Waals surface area contributed by atoms with Crippen LogP contribution in [0.4, 0.5) is 15.0 Å². The molecule has 0 amide bonds. The van der Waals surface area contributed by atoms with Gasteiger partial charge in [-0.3, -0.25) is 9.36 Å². The summed E-state index contributed by atoms with van der Waals surface area (Å²) in [5, 5.41) is 0. The number of nitrogens with two attached hydrogens (primary N) is 1. The number of fused-ring (bicyclic) bond motifs is 3. The molecule has 5 atom stereocenters. The number of rotatable bonds is 10. The predicted octanol–water partition coefficient (Wildman–Crippen LogP) is 5.58. The van der Waals surface area contributed by atoms with Crippen molar-refractivity contribution in [1.82, 2.24) is 19.5 Å². The number of nitrogen functional groups attached to an aromatic ring is 1. The summed E-state index contributed by atoms with van der Waals surface area (Å²) in [6.07, 6.45) is 13.0. The van der Waals surface area contributed by atoms with Gasteiger partial charge in [0, 0.05) is 6.42 Å². The van der Waals surface area contributed by atoms with Crippen LogP contribution in [0.15, 0.2) is 6.33 Å². The zero-order chi connectivity index (χ0) is 31.6. The van der Waals surface area contributed by atoms with Gasteiger partial charge in [-0.25, -0.2) is 9.78 Å². The molecule has 2 aliphatic carbocycles. The summed E-state index contributed by atoms with van der Waals surface area (Å²) in [5.74, 6) is 3.90. The smallest absolute Gasteiger partial charge is 0.458 e. The lowest BCUT2D eigenvalue weighted by Gasteiger charge is -2.49. The number of carbonyl (C=O) groups is 2. The molecule has 11 nitrogen and oxygen atoms in total. The van der Waals surface area contributed by atoms with Gasteiger partial charge in [0.25, 0.3) is 0 Å². The summed E-state index contributed by atoms with van der Waals surface area (Å²) >= 11 is 0. The second-order valence-electron chi connectivity index (χ2n) is 13.4. The van der Waals surface area contributed by atoms with Crippen molar-refractivity contribution >= 4 is 29.1 Å². The van der Waals surface area contributed by atoms with E-state index in [1.165, 1.54) is 43.0 Å². The third-order valence-corrected chi connectivity index (χ3v) is 9.79. The number of carbonyl (C=O) groups excluding carboxylic acids is 2. The number of aromatic nitrogens is 4. The van der Waals surface area contributed by atoms with Crippen LogP contribution < -0.4 is 5.73 Å². The monoisotopic (exact) mass is 613 g/mol. The van der Waals surface area contributed by atoms with E-state index >= 15 is 0 Å². The second-order valence-corrected chi connectivity index (χ2v) is 13.4. The first-order valence-corrected chi connectivity index (χ1v) is 15.8. The standard InChI is InChI=1S/C32H44FN5O6/c1-6-31(15-21-11-20(5)12-22(13-21)16-31)9-8-10-41-30(40)42-17-32(7-2)23(43-28(39)19(3)4)14-24(44-32)38-18-35-25-26(34)36-29(33)37-27(25)38/h2,18-24H,6,8-17H2,1,3-5H3,(H2,34,36,37)/t20?,21?,22?,23-,24+,31?,32+/m0/s1. The van der Waals surface area contributed by atoms with Crippen molar-refractivity contribution in [3.8, 4) is 12.3 Å². The van der Waals surface area contributed by atoms with Crippen molar-refractivity contribution in [2.75, 3.05) is 18.9 Å². The summed E-state index contributed by atoms with van der Waals surface area (Å²) in [5.41, 5.74) is 4.75. The second kappa shape index (κ2) is 12.9. The van der Waals surface area contributed by atoms with Crippen LogP contribution in [0.3, 0.4) is 0 Å². The first kappa shape index (κ1) is 31.9. The Morgan fingerprint density at radius 1 is 1.20 bits per heavy atom. The van der Waals surface area contributed by atoms with Gasteiger partial charge in [-0.15, -0.1) is 6.42 Å². The lowest BCUT2D eigenvalue weighted by molar-refractivity contribution is -0.162. The number of ether oxygens (including phenoxy) is 4. The molecule has 2 aromatic heterocycles. The number of anilines is 1. The van der Waals surface area contributed by atoms with E-state index in [9.17, 15) is 14.0 Å². The zero-order valence-corrected chi connectivity index (χ0v) is 26.1. The molecular formula is C32H44FN5O6. The molecule has 3 aliphatic rings. The molecular weight excluding hydrogens is 569 g/mol. The van der Waals surface area contributed by atoms with E-state index in [0.29, 0.717) is 5.41 Å². The van der Waals surface area contributed by atoms with Crippen molar-refractivity contribution < 1.29 is 32.9 Å². The molecule has 44 heavy (non-hydrogen) atoms.